The van der Waals surface area contributed by atoms with Crippen LogP contribution >= 0.6 is 0 Å². The van der Waals surface area contributed by atoms with Crippen LogP contribution in [0.15, 0.2) is 66.3 Å². The van der Waals surface area contributed by atoms with Gasteiger partial charge in [0.05, 0.1) is 0 Å². The highest BCUT2D eigenvalue weighted by Crippen LogP contribution is 2.29. The second-order valence-electron chi connectivity index (χ2n) is 4.64. The normalized spacial score (nSPS) is 20.8. The molecule has 0 fully saturated rings. The van der Waals surface area contributed by atoms with E-state index < -0.39 is 0 Å². The van der Waals surface area contributed by atoms with Crippen molar-refractivity contribution in [3.63, 3.8) is 0 Å². The summed E-state index contributed by atoms with van der Waals surface area (Å²) in [6.07, 6.45) is 12.4. The largest absolute Gasteiger partial charge is 0.0779 e. The summed E-state index contributed by atoms with van der Waals surface area (Å²) in [6.45, 7) is 4.47. The van der Waals surface area contributed by atoms with Gasteiger partial charge in [-0.05, 0) is 23.5 Å². The Bertz CT molecular complexity index is 434. The van der Waals surface area contributed by atoms with Gasteiger partial charge in [-0.3, -0.25) is 0 Å². The van der Waals surface area contributed by atoms with E-state index in [1.807, 2.05) is 0 Å². The molecule has 0 radical (unpaired) electrons. The van der Waals surface area contributed by atoms with Crippen LogP contribution in [0, 0.1) is 5.92 Å². The van der Waals surface area contributed by atoms with E-state index >= 15 is 0 Å². The van der Waals surface area contributed by atoms with E-state index in [0.29, 0.717) is 11.8 Å². The van der Waals surface area contributed by atoms with Crippen LogP contribution in [0.3, 0.4) is 0 Å². The van der Waals surface area contributed by atoms with E-state index in [2.05, 4.69) is 74.6 Å². The van der Waals surface area contributed by atoms with Gasteiger partial charge in [0.2, 0.25) is 0 Å². The molecular formula is C17H20. The summed E-state index contributed by atoms with van der Waals surface area (Å²) in [5.74, 6) is 1.06. The molecule has 1 aliphatic rings. The van der Waals surface area contributed by atoms with Gasteiger partial charge in [0.25, 0.3) is 0 Å². The van der Waals surface area contributed by atoms with Crippen molar-refractivity contribution in [2.24, 2.45) is 5.92 Å². The zero-order valence-electron chi connectivity index (χ0n) is 10.6. The van der Waals surface area contributed by atoms with Gasteiger partial charge in [0, 0.05) is 5.92 Å². The molecule has 0 aliphatic heterocycles. The third kappa shape index (κ3) is 2.97. The van der Waals surface area contributed by atoms with Gasteiger partial charge in [-0.2, -0.15) is 0 Å². The van der Waals surface area contributed by atoms with Crippen molar-refractivity contribution >= 4 is 0 Å². The van der Waals surface area contributed by atoms with Crippen LogP contribution in [0.25, 0.3) is 0 Å². The molecule has 0 saturated carbocycles. The Morgan fingerprint density at radius 2 is 1.88 bits per heavy atom. The molecule has 0 saturated heterocycles. The van der Waals surface area contributed by atoms with Crippen molar-refractivity contribution in [2.75, 3.05) is 0 Å². The van der Waals surface area contributed by atoms with E-state index in [4.69, 9.17) is 0 Å². The number of hydrogen-bond donors (Lipinski definition) is 0. The van der Waals surface area contributed by atoms with E-state index in [9.17, 15) is 0 Å². The minimum Gasteiger partial charge on any atom is -0.0779 e. The zero-order valence-corrected chi connectivity index (χ0v) is 10.6. The molecule has 2 rings (SSSR count). The van der Waals surface area contributed by atoms with Crippen LogP contribution in [0.1, 0.15) is 31.7 Å². The Morgan fingerprint density at radius 3 is 2.59 bits per heavy atom. The summed E-state index contributed by atoms with van der Waals surface area (Å²) in [5.41, 5.74) is 2.83. The smallest absolute Gasteiger partial charge is 0.00866 e. The van der Waals surface area contributed by atoms with Crippen molar-refractivity contribution < 1.29 is 0 Å². The molecule has 0 nitrogen and oxygen atoms in total. The minimum atomic E-state index is 0.516. The predicted molar refractivity (Wildman–Crippen MR) is 75.0 cm³/mol. The summed E-state index contributed by atoms with van der Waals surface area (Å²) in [4.78, 5) is 0. The fourth-order valence-electron chi connectivity index (χ4n) is 2.31. The molecular weight excluding hydrogens is 204 g/mol. The first-order chi connectivity index (χ1) is 8.31. The molecule has 2 atom stereocenters. The highest BCUT2D eigenvalue weighted by Gasteiger charge is 2.12. The molecule has 0 aromatic heterocycles. The molecule has 0 spiro atoms. The maximum absolute atomic E-state index is 2.28. The number of allylic oxidation sites excluding steroid dienone is 6. The summed E-state index contributed by atoms with van der Waals surface area (Å²) < 4.78 is 0. The lowest BCUT2D eigenvalue weighted by Gasteiger charge is -2.16. The standard InChI is InChI=1S/C17H20/c1-3-17(15-9-5-4-6-10-15)16-11-7-8-14(2)12-13-16/h4-14,17H,3H2,1-2H3. The van der Waals surface area contributed by atoms with Crippen LogP contribution in [-0.4, -0.2) is 0 Å². The topological polar surface area (TPSA) is 0 Å². The third-order valence-electron chi connectivity index (χ3n) is 3.31. The number of hydrogen-bond acceptors (Lipinski definition) is 0. The molecule has 0 amide bonds. The molecule has 1 aromatic carbocycles. The Labute approximate surface area is 104 Å². The average Bonchev–Trinajstić information content (AvgIpc) is 2.57. The maximum Gasteiger partial charge on any atom is 0.00866 e. The molecule has 0 heterocycles. The zero-order chi connectivity index (χ0) is 12.1. The van der Waals surface area contributed by atoms with Gasteiger partial charge < -0.3 is 0 Å². The SMILES string of the molecule is CCC(C1=CC=CC(C)C=C1)c1ccccc1. The van der Waals surface area contributed by atoms with E-state index in [-0.39, 0.29) is 0 Å². The molecule has 1 aromatic rings. The maximum atomic E-state index is 2.28. The third-order valence-corrected chi connectivity index (χ3v) is 3.31. The van der Waals surface area contributed by atoms with Gasteiger partial charge in [-0.25, -0.2) is 0 Å². The monoisotopic (exact) mass is 224 g/mol. The fourth-order valence-corrected chi connectivity index (χ4v) is 2.31. The lowest BCUT2D eigenvalue weighted by molar-refractivity contribution is 0.775. The highest BCUT2D eigenvalue weighted by molar-refractivity contribution is 5.38. The lowest BCUT2D eigenvalue weighted by Crippen LogP contribution is -1.99. The molecule has 0 heteroatoms. The van der Waals surface area contributed by atoms with E-state index in [1.165, 1.54) is 11.1 Å². The van der Waals surface area contributed by atoms with Crippen molar-refractivity contribution in [2.45, 2.75) is 26.2 Å². The average molecular weight is 224 g/mol. The van der Waals surface area contributed by atoms with Gasteiger partial charge in [0.15, 0.2) is 0 Å². The Hall–Kier alpha value is -1.56. The van der Waals surface area contributed by atoms with Crippen LogP contribution in [0.5, 0.6) is 0 Å². The van der Waals surface area contributed by atoms with Crippen molar-refractivity contribution in [1.82, 2.24) is 0 Å². The number of rotatable bonds is 3. The van der Waals surface area contributed by atoms with Crippen molar-refractivity contribution in [3.8, 4) is 0 Å². The van der Waals surface area contributed by atoms with Crippen molar-refractivity contribution in [1.29, 1.82) is 0 Å². The quantitative estimate of drug-likeness (QED) is 0.687. The van der Waals surface area contributed by atoms with E-state index in [0.717, 1.165) is 6.42 Å². The fraction of sp³-hybridized carbons (Fsp3) is 0.294. The highest BCUT2D eigenvalue weighted by atomic mass is 14.2. The summed E-state index contributed by atoms with van der Waals surface area (Å²) >= 11 is 0. The molecule has 0 bridgehead atoms. The van der Waals surface area contributed by atoms with Crippen molar-refractivity contribution in [3.05, 3.63) is 71.8 Å². The molecule has 0 N–H and O–H groups in total. The van der Waals surface area contributed by atoms with Crippen LogP contribution in [0.4, 0.5) is 0 Å². The molecule has 1 aliphatic carbocycles. The number of benzene rings is 1. The second-order valence-corrected chi connectivity index (χ2v) is 4.64. The summed E-state index contributed by atoms with van der Waals surface area (Å²) in [6, 6.07) is 10.8. The minimum absolute atomic E-state index is 0.516. The summed E-state index contributed by atoms with van der Waals surface area (Å²) in [7, 11) is 0. The van der Waals surface area contributed by atoms with Gasteiger partial charge in [0.1, 0.15) is 0 Å². The second kappa shape index (κ2) is 5.67. The van der Waals surface area contributed by atoms with Gasteiger partial charge in [-0.15, -0.1) is 0 Å². The molecule has 2 unspecified atom stereocenters. The first-order valence-electron chi connectivity index (χ1n) is 6.42. The molecule has 88 valence electrons. The first kappa shape index (κ1) is 11.9. The first-order valence-corrected chi connectivity index (χ1v) is 6.42. The van der Waals surface area contributed by atoms with Crippen LogP contribution < -0.4 is 0 Å². The van der Waals surface area contributed by atoms with Crippen LogP contribution in [-0.2, 0) is 0 Å². The lowest BCUT2D eigenvalue weighted by atomic mass is 9.88. The Kier molecular flexibility index (Phi) is 3.98. The molecule has 17 heavy (non-hydrogen) atoms. The Balaban J connectivity index is 2.28. The summed E-state index contributed by atoms with van der Waals surface area (Å²) in [5, 5.41) is 0. The van der Waals surface area contributed by atoms with Crippen LogP contribution in [0.2, 0.25) is 0 Å². The van der Waals surface area contributed by atoms with Gasteiger partial charge >= 0.3 is 0 Å². The van der Waals surface area contributed by atoms with E-state index in [1.54, 1.807) is 0 Å². The predicted octanol–water partition coefficient (Wildman–Crippen LogP) is 4.87. The van der Waals surface area contributed by atoms with Gasteiger partial charge in [-0.1, -0.05) is 74.6 Å². The Morgan fingerprint density at radius 1 is 1.12 bits per heavy atom.